The van der Waals surface area contributed by atoms with E-state index in [4.69, 9.17) is 32.5 Å². The van der Waals surface area contributed by atoms with Gasteiger partial charge in [-0.2, -0.15) is 4.98 Å². The Kier molecular flexibility index (Phi) is 12.6. The number of phosphoric ester groups is 1. The maximum absolute atomic E-state index is 14.0. The first-order valence-electron chi connectivity index (χ1n) is 15.2. The highest BCUT2D eigenvalue weighted by Crippen LogP contribution is 2.57. The normalized spacial score (nSPS) is 25.6. The number of hydrogen-bond donors (Lipinski definition) is 1. The van der Waals surface area contributed by atoms with Crippen LogP contribution in [-0.2, 0) is 46.7 Å². The van der Waals surface area contributed by atoms with Crippen molar-refractivity contribution >= 4 is 31.7 Å². The van der Waals surface area contributed by atoms with Crippen LogP contribution in [0.3, 0.4) is 0 Å². The zero-order chi connectivity index (χ0) is 34.1. The summed E-state index contributed by atoms with van der Waals surface area (Å²) < 4.78 is 67.1. The van der Waals surface area contributed by atoms with E-state index in [-0.39, 0.29) is 32.1 Å². The number of carbonyl (C=O) groups excluding carboxylic acids is 3. The fourth-order valence-electron chi connectivity index (χ4n) is 5.20. The first-order chi connectivity index (χ1) is 22.4. The molecule has 15 nitrogen and oxygen atoms in total. The second-order valence-corrected chi connectivity index (χ2v) is 12.7. The molecule has 1 aromatic carbocycles. The number of unbranched alkanes of at least 4 members (excludes halogenated alkanes) is 2. The fraction of sp³-hybridized carbons (Fsp3) is 0.567. The molecule has 1 N–H and O–H groups in total. The minimum Gasteiger partial charge on any atom is -0.465 e. The Morgan fingerprint density at radius 1 is 1.13 bits per heavy atom. The molecule has 3 heterocycles. The third-order valence-corrected chi connectivity index (χ3v) is 8.76. The summed E-state index contributed by atoms with van der Waals surface area (Å²) in [5.74, 6) is -2.85. The molecule has 0 spiro atoms. The lowest BCUT2D eigenvalue weighted by atomic mass is 10.0. The molecule has 1 amide bonds. The van der Waals surface area contributed by atoms with Crippen LogP contribution in [0.5, 0.6) is 0 Å². The Morgan fingerprint density at radius 3 is 2.60 bits per heavy atom. The topological polar surface area (TPSA) is 180 Å². The summed E-state index contributed by atoms with van der Waals surface area (Å²) in [5.41, 5.74) is 0.255. The lowest BCUT2D eigenvalue weighted by Gasteiger charge is -2.30. The summed E-state index contributed by atoms with van der Waals surface area (Å²) >= 11 is 0. The Hall–Kier alpha value is -3.69. The summed E-state index contributed by atoms with van der Waals surface area (Å²) in [4.78, 5) is 53.0. The van der Waals surface area contributed by atoms with E-state index in [0.717, 1.165) is 24.3 Å². The number of phosphoric acid groups is 1. The van der Waals surface area contributed by atoms with Gasteiger partial charge in [0.2, 0.25) is 0 Å². The highest BCUT2D eigenvalue weighted by Gasteiger charge is 2.50. The van der Waals surface area contributed by atoms with E-state index in [1.165, 1.54) is 31.3 Å². The molecule has 0 saturated carbocycles. The van der Waals surface area contributed by atoms with Crippen LogP contribution in [0.4, 0.5) is 15.0 Å². The highest BCUT2D eigenvalue weighted by atomic mass is 31.2. The SMILES string of the molecule is CCCCCOC(=O)Nc1ccn([C@@H]2O[C@H](COP3(=O)OCCC(c4cc(C)cc(F)c4)O3)[C@@H](OC(C)=O)[C@@H]2COC(C)=O)c(=O)n1. The van der Waals surface area contributed by atoms with Crippen LogP contribution in [0.15, 0.2) is 35.3 Å². The molecule has 0 radical (unpaired) electrons. The van der Waals surface area contributed by atoms with Crippen molar-refractivity contribution < 1.29 is 55.9 Å². The maximum atomic E-state index is 14.0. The highest BCUT2D eigenvalue weighted by molar-refractivity contribution is 7.48. The second kappa shape index (κ2) is 16.4. The number of esters is 2. The van der Waals surface area contributed by atoms with Gasteiger partial charge < -0.3 is 18.9 Å². The number of ether oxygens (including phenoxy) is 4. The molecule has 17 heteroatoms. The zero-order valence-corrected chi connectivity index (χ0v) is 27.4. The molecule has 0 bridgehead atoms. The minimum atomic E-state index is -4.22. The Labute approximate surface area is 270 Å². The summed E-state index contributed by atoms with van der Waals surface area (Å²) in [5, 5.41) is 2.39. The van der Waals surface area contributed by atoms with Crippen molar-refractivity contribution in [1.29, 1.82) is 0 Å². The number of nitrogens with zero attached hydrogens (tertiary/aromatic N) is 2. The lowest BCUT2D eigenvalue weighted by Crippen LogP contribution is -2.38. The van der Waals surface area contributed by atoms with Crippen LogP contribution in [0, 0.1) is 18.7 Å². The Bertz CT molecular complexity index is 1520. The molecule has 258 valence electrons. The molecule has 2 aliphatic rings. The van der Waals surface area contributed by atoms with E-state index >= 15 is 0 Å². The largest absolute Gasteiger partial charge is 0.475 e. The molecule has 2 aliphatic heterocycles. The minimum absolute atomic E-state index is 0.0121. The van der Waals surface area contributed by atoms with Gasteiger partial charge >= 0.3 is 31.5 Å². The number of hydrogen-bond acceptors (Lipinski definition) is 13. The standard InChI is InChI=1S/C30H39FN3O12P/c1-5-6-7-11-40-30(38)33-26-8-10-34(29(37)32-26)28-23(16-41-19(3)35)27(44-20(4)36)25(45-28)17-43-47(39)42-12-9-24(46-47)21-13-18(2)14-22(31)15-21/h8,10,13-15,23-25,27-28H,5-7,9,11-12,16-17H2,1-4H3,(H,32,33,37,38)/t23-,24?,25+,27-,28+,47?/m0/s1. The van der Waals surface area contributed by atoms with Crippen LogP contribution < -0.4 is 11.0 Å². The quantitative estimate of drug-likeness (QED) is 0.133. The molecule has 6 atom stereocenters. The molecule has 0 aliphatic carbocycles. The van der Waals surface area contributed by atoms with Crippen LogP contribution in [0.2, 0.25) is 0 Å². The molecule has 2 fully saturated rings. The molecular weight excluding hydrogens is 644 g/mol. The van der Waals surface area contributed by atoms with Crippen molar-refractivity contribution in [2.75, 3.05) is 31.7 Å². The average Bonchev–Trinajstić information content (AvgIpc) is 3.32. The summed E-state index contributed by atoms with van der Waals surface area (Å²) in [6.45, 7) is 5.43. The third kappa shape index (κ3) is 10.1. The van der Waals surface area contributed by atoms with E-state index in [1.54, 1.807) is 13.0 Å². The van der Waals surface area contributed by atoms with Gasteiger partial charge in [0, 0.05) is 26.5 Å². The van der Waals surface area contributed by atoms with Gasteiger partial charge in [0.1, 0.15) is 36.7 Å². The zero-order valence-electron chi connectivity index (χ0n) is 26.5. The number of carbonyl (C=O) groups is 3. The van der Waals surface area contributed by atoms with Crippen molar-refractivity contribution in [2.24, 2.45) is 5.92 Å². The van der Waals surface area contributed by atoms with Gasteiger partial charge in [-0.05, 0) is 42.7 Å². The smallest absolute Gasteiger partial charge is 0.465 e. The summed E-state index contributed by atoms with van der Waals surface area (Å²) in [6, 6.07) is 5.66. The van der Waals surface area contributed by atoms with Crippen molar-refractivity contribution in [3.05, 3.63) is 57.9 Å². The number of anilines is 1. The van der Waals surface area contributed by atoms with Gasteiger partial charge in [0.05, 0.1) is 31.8 Å². The van der Waals surface area contributed by atoms with Crippen molar-refractivity contribution in [1.82, 2.24) is 9.55 Å². The monoisotopic (exact) mass is 683 g/mol. The number of benzene rings is 1. The predicted molar refractivity (Wildman–Crippen MR) is 162 cm³/mol. The number of aromatic nitrogens is 2. The molecule has 2 aromatic rings. The predicted octanol–water partition coefficient (Wildman–Crippen LogP) is 4.74. The average molecular weight is 684 g/mol. The summed E-state index contributed by atoms with van der Waals surface area (Å²) in [7, 11) is -4.22. The first-order valence-corrected chi connectivity index (χ1v) is 16.7. The Balaban J connectivity index is 1.52. The van der Waals surface area contributed by atoms with E-state index in [0.29, 0.717) is 17.5 Å². The van der Waals surface area contributed by atoms with Gasteiger partial charge in [-0.1, -0.05) is 25.8 Å². The van der Waals surface area contributed by atoms with Crippen LogP contribution in [0.25, 0.3) is 0 Å². The summed E-state index contributed by atoms with van der Waals surface area (Å²) in [6.07, 6.45) is -0.957. The second-order valence-electron chi connectivity index (χ2n) is 11.1. The molecule has 1 aromatic heterocycles. The van der Waals surface area contributed by atoms with Crippen molar-refractivity contribution in [3.8, 4) is 0 Å². The van der Waals surface area contributed by atoms with Crippen molar-refractivity contribution in [3.63, 3.8) is 0 Å². The first kappa shape index (κ1) is 36.2. The molecule has 47 heavy (non-hydrogen) atoms. The number of rotatable bonds is 13. The molecule has 2 saturated heterocycles. The van der Waals surface area contributed by atoms with Gasteiger partial charge in [-0.25, -0.2) is 18.5 Å². The van der Waals surface area contributed by atoms with Gasteiger partial charge in [0.15, 0.2) is 0 Å². The number of nitrogens with one attached hydrogen (secondary N) is 1. The van der Waals surface area contributed by atoms with E-state index in [2.05, 4.69) is 10.3 Å². The fourth-order valence-corrected chi connectivity index (χ4v) is 6.60. The van der Waals surface area contributed by atoms with Crippen LogP contribution >= 0.6 is 7.82 Å². The maximum Gasteiger partial charge on any atom is 0.475 e. The van der Waals surface area contributed by atoms with E-state index in [1.807, 2.05) is 6.92 Å². The van der Waals surface area contributed by atoms with Gasteiger partial charge in [-0.15, -0.1) is 0 Å². The van der Waals surface area contributed by atoms with E-state index in [9.17, 15) is 28.1 Å². The number of amides is 1. The van der Waals surface area contributed by atoms with Crippen LogP contribution in [-0.4, -0.2) is 66.2 Å². The lowest BCUT2D eigenvalue weighted by molar-refractivity contribution is -0.153. The number of halogens is 1. The van der Waals surface area contributed by atoms with Crippen LogP contribution in [0.1, 0.15) is 69.9 Å². The third-order valence-electron chi connectivity index (χ3n) is 7.28. The van der Waals surface area contributed by atoms with Gasteiger partial charge in [0.25, 0.3) is 0 Å². The molecular formula is C30H39FN3O12P. The molecule has 2 unspecified atom stereocenters. The molecule has 4 rings (SSSR count). The Morgan fingerprint density at radius 2 is 1.91 bits per heavy atom. The van der Waals surface area contributed by atoms with E-state index < -0.39 is 74.4 Å². The van der Waals surface area contributed by atoms with Gasteiger partial charge in [-0.3, -0.25) is 33.0 Å². The number of aryl methyl sites for hydroxylation is 1. The van der Waals surface area contributed by atoms with Crippen molar-refractivity contribution in [2.45, 2.75) is 77.9 Å².